The van der Waals surface area contributed by atoms with Gasteiger partial charge in [0.1, 0.15) is 5.75 Å². The van der Waals surface area contributed by atoms with Gasteiger partial charge in [0, 0.05) is 17.3 Å². The molecule has 5 nitrogen and oxygen atoms in total. The molecule has 0 spiro atoms. The van der Waals surface area contributed by atoms with Gasteiger partial charge in [-0.15, -0.1) is 0 Å². The lowest BCUT2D eigenvalue weighted by molar-refractivity contribution is -0.138. The monoisotopic (exact) mass is 430 g/mol. The van der Waals surface area contributed by atoms with E-state index in [1.807, 2.05) is 0 Å². The molecule has 31 heavy (non-hydrogen) atoms. The molecule has 1 N–H and O–H groups in total. The quantitative estimate of drug-likeness (QED) is 0.507. The largest absolute Gasteiger partial charge is 0.496 e. The van der Waals surface area contributed by atoms with Crippen LogP contribution in [0.5, 0.6) is 5.75 Å². The van der Waals surface area contributed by atoms with Gasteiger partial charge >= 0.3 is 12.1 Å². The maximum atomic E-state index is 13.2. The first-order chi connectivity index (χ1) is 14.7. The molecule has 1 aromatic heterocycles. The summed E-state index contributed by atoms with van der Waals surface area (Å²) in [5.41, 5.74) is 1.88. The first kappa shape index (κ1) is 22.3. The lowest BCUT2D eigenvalue weighted by Crippen LogP contribution is -2.07. The fourth-order valence-electron chi connectivity index (χ4n) is 3.16. The molecule has 0 fully saturated rings. The molecule has 0 bridgehead atoms. The third-order valence-electron chi connectivity index (χ3n) is 4.79. The fourth-order valence-corrected chi connectivity index (χ4v) is 3.16. The summed E-state index contributed by atoms with van der Waals surface area (Å²) in [6, 6.07) is 9.70. The van der Waals surface area contributed by atoms with Gasteiger partial charge in [-0.1, -0.05) is 31.5 Å². The molecule has 3 aromatic rings. The van der Waals surface area contributed by atoms with Crippen LogP contribution in [0.1, 0.15) is 41.4 Å². The highest BCUT2D eigenvalue weighted by Gasteiger charge is 2.34. The summed E-state index contributed by atoms with van der Waals surface area (Å²) in [7, 11) is 1.18. The van der Waals surface area contributed by atoms with Crippen LogP contribution >= 0.6 is 0 Å². The normalized spacial score (nSPS) is 11.4. The Balaban J connectivity index is 2.14. The zero-order chi connectivity index (χ0) is 22.6. The van der Waals surface area contributed by atoms with Gasteiger partial charge in [0.05, 0.1) is 35.3 Å². The summed E-state index contributed by atoms with van der Waals surface area (Å²) in [5.74, 6) is -1.36. The average Bonchev–Trinajstić information content (AvgIpc) is 2.76. The van der Waals surface area contributed by atoms with Crippen LogP contribution < -0.4 is 4.74 Å². The third kappa shape index (κ3) is 5.02. The third-order valence-corrected chi connectivity index (χ3v) is 4.79. The number of carboxylic acids is 1. The van der Waals surface area contributed by atoms with E-state index < -0.39 is 17.7 Å². The number of alkyl halides is 3. The minimum Gasteiger partial charge on any atom is -0.496 e. The molecule has 0 aliphatic rings. The van der Waals surface area contributed by atoms with Gasteiger partial charge in [0.25, 0.3) is 0 Å². The molecule has 0 saturated carbocycles. The summed E-state index contributed by atoms with van der Waals surface area (Å²) in [6.45, 7) is 2.06. The number of aryl methyl sites for hydroxylation is 1. The second kappa shape index (κ2) is 9.16. The molecule has 162 valence electrons. The van der Waals surface area contributed by atoms with E-state index in [9.17, 15) is 18.0 Å². The van der Waals surface area contributed by atoms with E-state index in [2.05, 4.69) is 16.9 Å². The first-order valence-corrected chi connectivity index (χ1v) is 9.69. The van der Waals surface area contributed by atoms with Crippen molar-refractivity contribution in [2.75, 3.05) is 7.11 Å². The first-order valence-electron chi connectivity index (χ1n) is 9.69. The maximum Gasteiger partial charge on any atom is 0.419 e. The fraction of sp³-hybridized carbons (Fsp3) is 0.261. The molecule has 0 aliphatic heterocycles. The number of unbranched alkanes of at least 4 members (excludes halogenated alkanes) is 1. The summed E-state index contributed by atoms with van der Waals surface area (Å²) >= 11 is 0. The molecule has 3 rings (SSSR count). The highest BCUT2D eigenvalue weighted by atomic mass is 19.4. The van der Waals surface area contributed by atoms with Crippen LogP contribution in [0, 0.1) is 0 Å². The predicted molar refractivity (Wildman–Crippen MR) is 110 cm³/mol. The Morgan fingerprint density at radius 1 is 1.06 bits per heavy atom. The van der Waals surface area contributed by atoms with Crippen LogP contribution in [0.3, 0.4) is 0 Å². The van der Waals surface area contributed by atoms with Crippen LogP contribution in [0.4, 0.5) is 13.2 Å². The van der Waals surface area contributed by atoms with E-state index in [1.165, 1.54) is 31.4 Å². The second-order valence-electron chi connectivity index (χ2n) is 6.96. The summed E-state index contributed by atoms with van der Waals surface area (Å²) < 4.78 is 44.7. The van der Waals surface area contributed by atoms with Gasteiger partial charge in [0.2, 0.25) is 0 Å². The number of aromatic nitrogens is 2. The second-order valence-corrected chi connectivity index (χ2v) is 6.96. The van der Waals surface area contributed by atoms with Crippen molar-refractivity contribution in [1.82, 2.24) is 9.97 Å². The van der Waals surface area contributed by atoms with Crippen molar-refractivity contribution in [3.63, 3.8) is 0 Å². The van der Waals surface area contributed by atoms with Gasteiger partial charge in [0.15, 0.2) is 0 Å². The average molecular weight is 430 g/mol. The molecule has 0 aliphatic carbocycles. The molecular formula is C23H21F3N2O3. The molecule has 0 saturated heterocycles. The number of hydrogen-bond acceptors (Lipinski definition) is 4. The van der Waals surface area contributed by atoms with E-state index in [-0.39, 0.29) is 11.3 Å². The minimum atomic E-state index is -4.55. The number of nitrogens with zero attached hydrogens (tertiary/aromatic N) is 2. The smallest absolute Gasteiger partial charge is 0.419 e. The number of halogens is 3. The van der Waals surface area contributed by atoms with Crippen molar-refractivity contribution in [1.29, 1.82) is 0 Å². The predicted octanol–water partition coefficient (Wildman–Crippen LogP) is 5.88. The Labute approximate surface area is 177 Å². The number of carboxylic acid groups (broad SMARTS) is 1. The number of carbonyl (C=O) groups is 1. The van der Waals surface area contributed by atoms with Crippen molar-refractivity contribution < 1.29 is 27.8 Å². The zero-order valence-corrected chi connectivity index (χ0v) is 17.0. The van der Waals surface area contributed by atoms with Crippen LogP contribution in [0.25, 0.3) is 22.5 Å². The van der Waals surface area contributed by atoms with Gasteiger partial charge in [-0.25, -0.2) is 9.78 Å². The number of methoxy groups -OCH3 is 1. The SMILES string of the molecule is CCCCc1cnc(-c2ccc(C(F)(F)F)c(OC)c2)c(-c2ccc(C(=O)O)cc2)n1. The minimum absolute atomic E-state index is 0.122. The molecule has 2 aromatic carbocycles. The highest BCUT2D eigenvalue weighted by Crippen LogP contribution is 2.39. The van der Waals surface area contributed by atoms with Crippen molar-refractivity contribution in [2.45, 2.75) is 32.4 Å². The Hall–Kier alpha value is -3.42. The van der Waals surface area contributed by atoms with Crippen LogP contribution in [-0.2, 0) is 12.6 Å². The summed E-state index contributed by atoms with van der Waals surface area (Å²) in [4.78, 5) is 20.3. The molecule has 0 radical (unpaired) electrons. The Bertz CT molecular complexity index is 1080. The number of benzene rings is 2. The number of rotatable bonds is 7. The van der Waals surface area contributed by atoms with Crippen molar-refractivity contribution in [2.24, 2.45) is 0 Å². The van der Waals surface area contributed by atoms with E-state index in [0.29, 0.717) is 28.9 Å². The van der Waals surface area contributed by atoms with E-state index in [1.54, 1.807) is 18.3 Å². The lowest BCUT2D eigenvalue weighted by atomic mass is 10.0. The van der Waals surface area contributed by atoms with Gasteiger partial charge < -0.3 is 9.84 Å². The van der Waals surface area contributed by atoms with Crippen LogP contribution in [0.15, 0.2) is 48.7 Å². The van der Waals surface area contributed by atoms with Crippen molar-refractivity contribution in [3.05, 3.63) is 65.5 Å². The summed E-state index contributed by atoms with van der Waals surface area (Å²) in [6.07, 6.45) is -0.332. The Kier molecular flexibility index (Phi) is 6.58. The van der Waals surface area contributed by atoms with Gasteiger partial charge in [-0.2, -0.15) is 13.2 Å². The topological polar surface area (TPSA) is 72.3 Å². The maximum absolute atomic E-state index is 13.2. The van der Waals surface area contributed by atoms with Crippen LogP contribution in [-0.4, -0.2) is 28.2 Å². The molecule has 0 unspecified atom stereocenters. The van der Waals surface area contributed by atoms with Gasteiger partial charge in [-0.3, -0.25) is 4.98 Å². The molecule has 0 atom stereocenters. The summed E-state index contributed by atoms with van der Waals surface area (Å²) in [5, 5.41) is 9.14. The zero-order valence-electron chi connectivity index (χ0n) is 17.0. The van der Waals surface area contributed by atoms with Crippen molar-refractivity contribution >= 4 is 5.97 Å². The Morgan fingerprint density at radius 3 is 2.32 bits per heavy atom. The number of aromatic carboxylic acids is 1. The number of ether oxygens (including phenoxy) is 1. The molecule has 1 heterocycles. The van der Waals surface area contributed by atoms with E-state index in [0.717, 1.165) is 24.6 Å². The molecule has 8 heteroatoms. The van der Waals surface area contributed by atoms with E-state index >= 15 is 0 Å². The van der Waals surface area contributed by atoms with E-state index in [4.69, 9.17) is 9.84 Å². The Morgan fingerprint density at radius 2 is 1.74 bits per heavy atom. The highest BCUT2D eigenvalue weighted by molar-refractivity contribution is 5.89. The van der Waals surface area contributed by atoms with Crippen LogP contribution in [0.2, 0.25) is 0 Å². The van der Waals surface area contributed by atoms with Gasteiger partial charge in [-0.05, 0) is 37.1 Å². The molecular weight excluding hydrogens is 409 g/mol. The standard InChI is InChI=1S/C23H21F3N2O3/c1-3-4-5-17-13-27-20(16-10-11-18(23(24,25)26)19(12-16)31-2)21(28-17)14-6-8-15(9-7-14)22(29)30/h6-13H,3-5H2,1-2H3,(H,29,30). The number of hydrogen-bond donors (Lipinski definition) is 1. The molecule has 0 amide bonds. The lowest BCUT2D eigenvalue weighted by Gasteiger charge is -2.15. The van der Waals surface area contributed by atoms with Crippen molar-refractivity contribution in [3.8, 4) is 28.3 Å².